The molecule has 5 heteroatoms. The second-order valence-corrected chi connectivity index (χ2v) is 6.21. The van der Waals surface area contributed by atoms with Crippen molar-refractivity contribution in [3.8, 4) is 0 Å². The van der Waals surface area contributed by atoms with Crippen molar-refractivity contribution in [3.63, 3.8) is 0 Å². The van der Waals surface area contributed by atoms with Crippen LogP contribution >= 0.6 is 0 Å². The number of carbonyl (C=O) groups excluding carboxylic acids is 1. The van der Waals surface area contributed by atoms with Crippen LogP contribution in [0.15, 0.2) is 24.3 Å². The van der Waals surface area contributed by atoms with Gasteiger partial charge in [-0.1, -0.05) is 12.1 Å². The van der Waals surface area contributed by atoms with Crippen molar-refractivity contribution < 1.29 is 13.9 Å². The van der Waals surface area contributed by atoms with Crippen LogP contribution in [0.2, 0.25) is 0 Å². The average molecular weight is 306 g/mol. The second-order valence-electron chi connectivity index (χ2n) is 6.21. The van der Waals surface area contributed by atoms with E-state index in [0.717, 1.165) is 44.5 Å². The number of nitrogens with zero attached hydrogens (tertiary/aromatic N) is 1. The molecule has 2 saturated heterocycles. The topological polar surface area (TPSA) is 41.6 Å². The molecule has 0 bridgehead atoms. The van der Waals surface area contributed by atoms with Gasteiger partial charge in [-0.15, -0.1) is 0 Å². The molecule has 0 saturated carbocycles. The summed E-state index contributed by atoms with van der Waals surface area (Å²) in [5.74, 6) is 0.183. The molecule has 2 aliphatic heterocycles. The van der Waals surface area contributed by atoms with Gasteiger partial charge in [0, 0.05) is 19.7 Å². The molecule has 2 heterocycles. The quantitative estimate of drug-likeness (QED) is 0.903. The van der Waals surface area contributed by atoms with E-state index in [4.69, 9.17) is 4.74 Å². The van der Waals surface area contributed by atoms with Gasteiger partial charge in [0.1, 0.15) is 5.82 Å². The van der Waals surface area contributed by atoms with Crippen LogP contribution in [-0.2, 0) is 9.53 Å². The minimum absolute atomic E-state index is 0.0513. The van der Waals surface area contributed by atoms with Crippen LogP contribution in [0.1, 0.15) is 30.7 Å². The standard InChI is InChI=1S/C17H23FN2O2/c18-15-4-1-3-13(9-15)14-6-7-20(11-14)12-17(21)19-10-16-5-2-8-22-16/h1,3-4,9,14,16H,2,5-8,10-12H2,(H,19,21)/t14-,16-/m1/s1. The van der Waals surface area contributed by atoms with Crippen molar-refractivity contribution in [3.05, 3.63) is 35.6 Å². The number of hydrogen-bond donors (Lipinski definition) is 1. The zero-order chi connectivity index (χ0) is 15.4. The van der Waals surface area contributed by atoms with Crippen molar-refractivity contribution in [2.24, 2.45) is 0 Å². The summed E-state index contributed by atoms with van der Waals surface area (Å²) in [7, 11) is 0. The molecule has 1 aromatic carbocycles. The first-order valence-electron chi connectivity index (χ1n) is 8.07. The van der Waals surface area contributed by atoms with E-state index in [-0.39, 0.29) is 17.8 Å². The lowest BCUT2D eigenvalue weighted by Gasteiger charge is -2.17. The molecule has 120 valence electrons. The van der Waals surface area contributed by atoms with Crippen molar-refractivity contribution in [1.82, 2.24) is 10.2 Å². The maximum absolute atomic E-state index is 13.3. The van der Waals surface area contributed by atoms with Crippen molar-refractivity contribution in [2.45, 2.75) is 31.3 Å². The van der Waals surface area contributed by atoms with Crippen LogP contribution in [0.3, 0.4) is 0 Å². The zero-order valence-electron chi connectivity index (χ0n) is 12.8. The molecule has 2 fully saturated rings. The Bertz CT molecular complexity index is 517. The summed E-state index contributed by atoms with van der Waals surface area (Å²) in [6.45, 7) is 3.53. The fraction of sp³-hybridized carbons (Fsp3) is 0.588. The van der Waals surface area contributed by atoms with Gasteiger partial charge >= 0.3 is 0 Å². The van der Waals surface area contributed by atoms with E-state index >= 15 is 0 Å². The predicted molar refractivity (Wildman–Crippen MR) is 82.2 cm³/mol. The Balaban J connectivity index is 1.43. The number of halogens is 1. The molecule has 1 amide bonds. The monoisotopic (exact) mass is 306 g/mol. The van der Waals surface area contributed by atoms with Gasteiger partial charge in [0.15, 0.2) is 0 Å². The second kappa shape index (κ2) is 7.20. The molecule has 0 unspecified atom stereocenters. The van der Waals surface area contributed by atoms with Crippen LogP contribution in [-0.4, -0.2) is 49.7 Å². The Morgan fingerprint density at radius 3 is 3.09 bits per heavy atom. The van der Waals surface area contributed by atoms with E-state index in [1.54, 1.807) is 12.1 Å². The molecule has 0 spiro atoms. The number of likely N-dealkylation sites (tertiary alicyclic amines) is 1. The Morgan fingerprint density at radius 2 is 2.32 bits per heavy atom. The van der Waals surface area contributed by atoms with Crippen LogP contribution in [0.5, 0.6) is 0 Å². The third-order valence-corrected chi connectivity index (χ3v) is 4.51. The van der Waals surface area contributed by atoms with Crippen molar-refractivity contribution in [1.29, 1.82) is 0 Å². The highest BCUT2D eigenvalue weighted by molar-refractivity contribution is 5.78. The lowest BCUT2D eigenvalue weighted by molar-refractivity contribution is -0.122. The first kappa shape index (κ1) is 15.4. The van der Waals surface area contributed by atoms with Crippen molar-refractivity contribution in [2.75, 3.05) is 32.8 Å². The van der Waals surface area contributed by atoms with E-state index in [1.807, 2.05) is 6.07 Å². The molecule has 1 aromatic rings. The molecule has 2 aliphatic rings. The Kier molecular flexibility index (Phi) is 5.05. The molecule has 0 radical (unpaired) electrons. The van der Waals surface area contributed by atoms with Gasteiger partial charge in [-0.3, -0.25) is 9.69 Å². The van der Waals surface area contributed by atoms with E-state index in [2.05, 4.69) is 10.2 Å². The third kappa shape index (κ3) is 4.05. The maximum Gasteiger partial charge on any atom is 0.234 e. The SMILES string of the molecule is O=C(CN1CC[C@@H](c2cccc(F)c2)C1)NC[C@H]1CCCO1. The van der Waals surface area contributed by atoms with Crippen LogP contribution in [0.25, 0.3) is 0 Å². The predicted octanol–water partition coefficient (Wildman–Crippen LogP) is 1.91. The first-order chi connectivity index (χ1) is 10.7. The maximum atomic E-state index is 13.3. The van der Waals surface area contributed by atoms with Gasteiger partial charge in [-0.25, -0.2) is 4.39 Å². The highest BCUT2D eigenvalue weighted by Gasteiger charge is 2.25. The number of hydrogen-bond acceptors (Lipinski definition) is 3. The summed E-state index contributed by atoms with van der Waals surface area (Å²) in [6.07, 6.45) is 3.28. The van der Waals surface area contributed by atoms with E-state index < -0.39 is 0 Å². The lowest BCUT2D eigenvalue weighted by atomic mass is 9.98. The summed E-state index contributed by atoms with van der Waals surface area (Å²) in [5, 5.41) is 2.95. The smallest absolute Gasteiger partial charge is 0.234 e. The number of nitrogens with one attached hydrogen (secondary N) is 1. The van der Waals surface area contributed by atoms with E-state index in [9.17, 15) is 9.18 Å². The highest BCUT2D eigenvalue weighted by atomic mass is 19.1. The average Bonchev–Trinajstić information content (AvgIpc) is 3.16. The minimum atomic E-state index is -0.190. The largest absolute Gasteiger partial charge is 0.376 e. The Labute approximate surface area is 130 Å². The molecular formula is C17H23FN2O2. The van der Waals surface area contributed by atoms with Crippen LogP contribution in [0.4, 0.5) is 4.39 Å². The Morgan fingerprint density at radius 1 is 1.41 bits per heavy atom. The molecule has 22 heavy (non-hydrogen) atoms. The molecule has 2 atom stereocenters. The molecule has 4 nitrogen and oxygen atoms in total. The van der Waals surface area contributed by atoms with Gasteiger partial charge in [0.2, 0.25) is 5.91 Å². The summed E-state index contributed by atoms with van der Waals surface area (Å²) >= 11 is 0. The summed E-state index contributed by atoms with van der Waals surface area (Å²) in [5.41, 5.74) is 1.03. The fourth-order valence-electron chi connectivity index (χ4n) is 3.30. The highest BCUT2D eigenvalue weighted by Crippen LogP contribution is 2.27. The lowest BCUT2D eigenvalue weighted by Crippen LogP contribution is -2.39. The van der Waals surface area contributed by atoms with Gasteiger partial charge in [0.25, 0.3) is 0 Å². The van der Waals surface area contributed by atoms with Gasteiger partial charge in [-0.2, -0.15) is 0 Å². The van der Waals surface area contributed by atoms with Crippen molar-refractivity contribution >= 4 is 5.91 Å². The molecular weight excluding hydrogens is 283 g/mol. The zero-order valence-corrected chi connectivity index (χ0v) is 12.8. The van der Waals surface area contributed by atoms with Crippen LogP contribution < -0.4 is 5.32 Å². The number of ether oxygens (including phenoxy) is 1. The third-order valence-electron chi connectivity index (χ3n) is 4.51. The van der Waals surface area contributed by atoms with E-state index in [0.29, 0.717) is 19.0 Å². The molecule has 1 N–H and O–H groups in total. The number of rotatable bonds is 5. The molecule has 3 rings (SSSR count). The first-order valence-corrected chi connectivity index (χ1v) is 8.07. The van der Waals surface area contributed by atoms with Gasteiger partial charge < -0.3 is 10.1 Å². The van der Waals surface area contributed by atoms with E-state index in [1.165, 1.54) is 6.07 Å². The molecule has 0 aliphatic carbocycles. The number of amides is 1. The number of benzene rings is 1. The van der Waals surface area contributed by atoms with Gasteiger partial charge in [-0.05, 0) is 49.4 Å². The Hall–Kier alpha value is -1.46. The summed E-state index contributed by atoms with van der Waals surface area (Å²) in [6, 6.07) is 6.79. The van der Waals surface area contributed by atoms with Gasteiger partial charge in [0.05, 0.1) is 12.6 Å². The minimum Gasteiger partial charge on any atom is -0.376 e. The molecule has 0 aromatic heterocycles. The summed E-state index contributed by atoms with van der Waals surface area (Å²) < 4.78 is 18.8. The number of carbonyl (C=O) groups is 1. The van der Waals surface area contributed by atoms with Crippen LogP contribution in [0, 0.1) is 5.82 Å². The normalized spacial score (nSPS) is 25.5. The summed E-state index contributed by atoms with van der Waals surface area (Å²) in [4.78, 5) is 14.1. The fourth-order valence-corrected chi connectivity index (χ4v) is 3.30.